The van der Waals surface area contributed by atoms with Gasteiger partial charge in [0.15, 0.2) is 0 Å². The van der Waals surface area contributed by atoms with Gasteiger partial charge in [-0.2, -0.15) is 0 Å². The first-order valence-electron chi connectivity index (χ1n) is 7.27. The van der Waals surface area contributed by atoms with Crippen molar-refractivity contribution in [1.29, 1.82) is 0 Å². The second kappa shape index (κ2) is 7.77. The summed E-state index contributed by atoms with van der Waals surface area (Å²) in [5, 5.41) is 0. The van der Waals surface area contributed by atoms with Crippen molar-refractivity contribution < 1.29 is 9.53 Å². The van der Waals surface area contributed by atoms with Gasteiger partial charge in [-0.25, -0.2) is 0 Å². The third-order valence-electron chi connectivity index (χ3n) is 3.71. The Morgan fingerprint density at radius 3 is 2.71 bits per heavy atom. The largest absolute Gasteiger partial charge is 0.378 e. The zero-order chi connectivity index (χ0) is 15.2. The van der Waals surface area contributed by atoms with Crippen LogP contribution in [0.2, 0.25) is 0 Å². The molecular weight excluding hydrogens is 334 g/mol. The van der Waals surface area contributed by atoms with E-state index in [-0.39, 0.29) is 12.0 Å². The molecule has 116 valence electrons. The smallest absolute Gasteiger partial charge is 0.250 e. The summed E-state index contributed by atoms with van der Waals surface area (Å²) < 4.78 is 6.75. The van der Waals surface area contributed by atoms with Gasteiger partial charge in [-0.3, -0.25) is 4.79 Å². The number of piperidine rings is 1. The van der Waals surface area contributed by atoms with Crippen LogP contribution in [-0.4, -0.2) is 38.3 Å². The van der Waals surface area contributed by atoms with E-state index in [1.807, 2.05) is 12.1 Å². The summed E-state index contributed by atoms with van der Waals surface area (Å²) in [5.41, 5.74) is 12.4. The minimum absolute atomic E-state index is 0.289. The highest BCUT2D eigenvalue weighted by atomic mass is 79.9. The van der Waals surface area contributed by atoms with Crippen LogP contribution < -0.4 is 16.4 Å². The van der Waals surface area contributed by atoms with E-state index in [1.165, 1.54) is 0 Å². The molecule has 0 radical (unpaired) electrons. The SMILES string of the molecule is NCCCOC1CCN(c2cc(Br)ccc2C(N)=O)CC1. The standard InChI is InChI=1S/C15H22BrN3O2/c16-11-2-3-13(15(18)20)14(10-11)19-7-4-12(5-8-19)21-9-1-6-17/h2-3,10,12H,1,4-9,17H2,(H2,18,20). The number of primary amides is 1. The number of nitrogens with two attached hydrogens (primary N) is 2. The van der Waals surface area contributed by atoms with E-state index in [1.54, 1.807) is 6.07 Å². The highest BCUT2D eigenvalue weighted by Gasteiger charge is 2.22. The Bertz CT molecular complexity index is 488. The Hall–Kier alpha value is -1.11. The fourth-order valence-corrected chi connectivity index (χ4v) is 2.92. The molecule has 1 saturated heterocycles. The zero-order valence-electron chi connectivity index (χ0n) is 12.1. The average molecular weight is 356 g/mol. The molecule has 0 unspecified atom stereocenters. The molecule has 2 rings (SSSR count). The first-order valence-corrected chi connectivity index (χ1v) is 8.07. The summed E-state index contributed by atoms with van der Waals surface area (Å²) >= 11 is 3.45. The predicted molar refractivity (Wildman–Crippen MR) is 87.5 cm³/mol. The number of hydrogen-bond donors (Lipinski definition) is 2. The second-order valence-corrected chi connectivity index (χ2v) is 6.14. The van der Waals surface area contributed by atoms with Gasteiger partial charge in [0.05, 0.1) is 17.4 Å². The number of nitrogens with zero attached hydrogens (tertiary/aromatic N) is 1. The van der Waals surface area contributed by atoms with Gasteiger partial charge in [0.25, 0.3) is 5.91 Å². The van der Waals surface area contributed by atoms with Gasteiger partial charge in [0.1, 0.15) is 0 Å². The number of hydrogen-bond acceptors (Lipinski definition) is 4. The molecule has 1 amide bonds. The Kier molecular flexibility index (Phi) is 6.02. The Morgan fingerprint density at radius 1 is 1.38 bits per heavy atom. The molecule has 1 aromatic rings. The van der Waals surface area contributed by atoms with Crippen molar-refractivity contribution in [2.75, 3.05) is 31.1 Å². The van der Waals surface area contributed by atoms with Gasteiger partial charge in [0, 0.05) is 24.2 Å². The molecule has 0 saturated carbocycles. The van der Waals surface area contributed by atoms with E-state index < -0.39 is 0 Å². The van der Waals surface area contributed by atoms with Gasteiger partial charge in [0.2, 0.25) is 0 Å². The zero-order valence-corrected chi connectivity index (χ0v) is 13.6. The van der Waals surface area contributed by atoms with E-state index >= 15 is 0 Å². The third-order valence-corrected chi connectivity index (χ3v) is 4.20. The average Bonchev–Trinajstić information content (AvgIpc) is 2.48. The van der Waals surface area contributed by atoms with Gasteiger partial charge >= 0.3 is 0 Å². The highest BCUT2D eigenvalue weighted by Crippen LogP contribution is 2.28. The molecule has 0 aromatic heterocycles. The maximum absolute atomic E-state index is 11.6. The molecule has 1 aliphatic heterocycles. The number of amides is 1. The molecule has 1 aromatic carbocycles. The van der Waals surface area contributed by atoms with Crippen molar-refractivity contribution in [2.45, 2.75) is 25.4 Å². The van der Waals surface area contributed by atoms with Crippen LogP contribution in [-0.2, 0) is 4.74 Å². The van der Waals surface area contributed by atoms with Crippen LogP contribution >= 0.6 is 15.9 Å². The maximum Gasteiger partial charge on any atom is 0.250 e. The Labute approximate surface area is 133 Å². The normalized spacial score (nSPS) is 16.2. The van der Waals surface area contributed by atoms with Crippen LogP contribution in [0.1, 0.15) is 29.6 Å². The summed E-state index contributed by atoms with van der Waals surface area (Å²) in [7, 11) is 0. The van der Waals surface area contributed by atoms with E-state index in [0.717, 1.165) is 49.1 Å². The highest BCUT2D eigenvalue weighted by molar-refractivity contribution is 9.10. The lowest BCUT2D eigenvalue weighted by atomic mass is 10.0. The fourth-order valence-electron chi connectivity index (χ4n) is 2.57. The number of halogens is 1. The molecule has 6 heteroatoms. The van der Waals surface area contributed by atoms with Crippen LogP contribution in [0.5, 0.6) is 0 Å². The van der Waals surface area contributed by atoms with Crippen molar-refractivity contribution in [3.8, 4) is 0 Å². The fraction of sp³-hybridized carbons (Fsp3) is 0.533. The van der Waals surface area contributed by atoms with Crippen LogP contribution in [0.25, 0.3) is 0 Å². The third kappa shape index (κ3) is 4.43. The summed E-state index contributed by atoms with van der Waals surface area (Å²) in [6.45, 7) is 3.12. The molecule has 0 atom stereocenters. The molecule has 1 heterocycles. The quantitative estimate of drug-likeness (QED) is 0.763. The summed E-state index contributed by atoms with van der Waals surface area (Å²) in [5.74, 6) is -0.390. The first kappa shape index (κ1) is 16.3. The summed E-state index contributed by atoms with van der Waals surface area (Å²) in [6, 6.07) is 5.56. The molecule has 21 heavy (non-hydrogen) atoms. The van der Waals surface area contributed by atoms with Gasteiger partial charge in [-0.1, -0.05) is 15.9 Å². The van der Waals surface area contributed by atoms with E-state index in [4.69, 9.17) is 16.2 Å². The molecular formula is C15H22BrN3O2. The lowest BCUT2D eigenvalue weighted by Gasteiger charge is -2.34. The summed E-state index contributed by atoms with van der Waals surface area (Å²) in [6.07, 6.45) is 3.10. The van der Waals surface area contributed by atoms with Crippen LogP contribution in [0.3, 0.4) is 0 Å². The second-order valence-electron chi connectivity index (χ2n) is 5.23. The molecule has 0 bridgehead atoms. The van der Waals surface area contributed by atoms with Crippen LogP contribution in [0, 0.1) is 0 Å². The number of anilines is 1. The minimum Gasteiger partial charge on any atom is -0.378 e. The number of ether oxygens (including phenoxy) is 1. The van der Waals surface area contributed by atoms with Crippen molar-refractivity contribution in [1.82, 2.24) is 0 Å². The number of carbonyl (C=O) groups excluding carboxylic acids is 1. The number of carbonyl (C=O) groups is 1. The topological polar surface area (TPSA) is 81.6 Å². The number of benzene rings is 1. The van der Waals surface area contributed by atoms with E-state index in [2.05, 4.69) is 20.8 Å². The Balaban J connectivity index is 1.99. The summed E-state index contributed by atoms with van der Waals surface area (Å²) in [4.78, 5) is 13.8. The molecule has 0 spiro atoms. The van der Waals surface area contributed by atoms with Gasteiger partial charge in [-0.05, 0) is 44.0 Å². The molecule has 4 N–H and O–H groups in total. The molecule has 1 fully saturated rings. The number of rotatable bonds is 6. The van der Waals surface area contributed by atoms with Gasteiger partial charge < -0.3 is 21.1 Å². The molecule has 1 aliphatic rings. The lowest BCUT2D eigenvalue weighted by molar-refractivity contribution is 0.0366. The van der Waals surface area contributed by atoms with E-state index in [9.17, 15) is 4.79 Å². The molecule has 0 aliphatic carbocycles. The predicted octanol–water partition coefficient (Wildman–Crippen LogP) is 1.88. The van der Waals surface area contributed by atoms with Crippen molar-refractivity contribution in [3.63, 3.8) is 0 Å². The van der Waals surface area contributed by atoms with Crippen LogP contribution in [0.4, 0.5) is 5.69 Å². The maximum atomic E-state index is 11.6. The lowest BCUT2D eigenvalue weighted by Crippen LogP contribution is -2.38. The molecule has 5 nitrogen and oxygen atoms in total. The van der Waals surface area contributed by atoms with Crippen LogP contribution in [0.15, 0.2) is 22.7 Å². The monoisotopic (exact) mass is 355 g/mol. The minimum atomic E-state index is -0.390. The van der Waals surface area contributed by atoms with Crippen molar-refractivity contribution in [2.24, 2.45) is 11.5 Å². The first-order chi connectivity index (χ1) is 10.1. The van der Waals surface area contributed by atoms with Gasteiger partial charge in [-0.15, -0.1) is 0 Å². The van der Waals surface area contributed by atoms with Crippen molar-refractivity contribution in [3.05, 3.63) is 28.2 Å². The van der Waals surface area contributed by atoms with E-state index in [0.29, 0.717) is 12.1 Å². The Morgan fingerprint density at radius 2 is 2.10 bits per heavy atom. The van der Waals surface area contributed by atoms with Crippen molar-refractivity contribution >= 4 is 27.5 Å².